The lowest BCUT2D eigenvalue weighted by Crippen LogP contribution is -2.31. The molecule has 1 aromatic rings. The number of aliphatic hydroxyl groups is 1. The number of rotatable bonds is 4. The molecule has 1 atom stereocenters. The van der Waals surface area contributed by atoms with Gasteiger partial charge in [0.05, 0.1) is 6.61 Å². The van der Waals surface area contributed by atoms with Crippen LogP contribution in [0.5, 0.6) is 11.5 Å². The SMILES string of the molecule is OCCSCC1COc2ccccc2O1. The molecule has 15 heavy (non-hydrogen) atoms. The van der Waals surface area contributed by atoms with Gasteiger partial charge in [0.2, 0.25) is 0 Å². The summed E-state index contributed by atoms with van der Waals surface area (Å²) in [6.07, 6.45) is 0.0939. The van der Waals surface area contributed by atoms with Crippen molar-refractivity contribution in [1.82, 2.24) is 0 Å². The summed E-state index contributed by atoms with van der Waals surface area (Å²) in [5.41, 5.74) is 0. The molecule has 1 unspecified atom stereocenters. The molecule has 0 aromatic heterocycles. The van der Waals surface area contributed by atoms with E-state index in [2.05, 4.69) is 0 Å². The summed E-state index contributed by atoms with van der Waals surface area (Å²) in [6, 6.07) is 7.69. The largest absolute Gasteiger partial charge is 0.486 e. The van der Waals surface area contributed by atoms with Crippen molar-refractivity contribution in [2.24, 2.45) is 0 Å². The first-order chi connectivity index (χ1) is 7.40. The zero-order chi connectivity index (χ0) is 10.5. The van der Waals surface area contributed by atoms with Crippen LogP contribution in [0.25, 0.3) is 0 Å². The second kappa shape index (κ2) is 5.28. The van der Waals surface area contributed by atoms with Gasteiger partial charge in [0.15, 0.2) is 11.5 Å². The van der Waals surface area contributed by atoms with Crippen molar-refractivity contribution in [1.29, 1.82) is 0 Å². The maximum Gasteiger partial charge on any atom is 0.161 e. The highest BCUT2D eigenvalue weighted by Crippen LogP contribution is 2.31. The molecule has 0 spiro atoms. The molecule has 1 aliphatic rings. The molecule has 0 radical (unpaired) electrons. The first kappa shape index (κ1) is 10.6. The van der Waals surface area contributed by atoms with E-state index >= 15 is 0 Å². The molecule has 4 heteroatoms. The lowest BCUT2D eigenvalue weighted by Gasteiger charge is -2.26. The fraction of sp³-hybridized carbons (Fsp3) is 0.455. The fourth-order valence-corrected chi connectivity index (χ4v) is 2.15. The second-order valence-corrected chi connectivity index (χ2v) is 4.45. The van der Waals surface area contributed by atoms with Crippen LogP contribution in [0.15, 0.2) is 24.3 Å². The van der Waals surface area contributed by atoms with E-state index in [1.165, 1.54) is 0 Å². The molecular weight excluding hydrogens is 212 g/mol. The summed E-state index contributed by atoms with van der Waals surface area (Å²) in [5.74, 6) is 3.25. The van der Waals surface area contributed by atoms with Crippen LogP contribution >= 0.6 is 11.8 Å². The minimum atomic E-state index is 0.0939. The topological polar surface area (TPSA) is 38.7 Å². The van der Waals surface area contributed by atoms with Crippen LogP contribution in [0.4, 0.5) is 0 Å². The average Bonchev–Trinajstić information content (AvgIpc) is 2.29. The average molecular weight is 226 g/mol. The van der Waals surface area contributed by atoms with E-state index in [1.807, 2.05) is 24.3 Å². The van der Waals surface area contributed by atoms with Crippen molar-refractivity contribution in [2.45, 2.75) is 6.10 Å². The molecule has 3 nitrogen and oxygen atoms in total. The molecule has 0 fully saturated rings. The Morgan fingerprint density at radius 1 is 1.33 bits per heavy atom. The summed E-state index contributed by atoms with van der Waals surface area (Å²) in [4.78, 5) is 0. The van der Waals surface area contributed by atoms with Crippen molar-refractivity contribution in [3.05, 3.63) is 24.3 Å². The lowest BCUT2D eigenvalue weighted by molar-refractivity contribution is 0.107. The highest BCUT2D eigenvalue weighted by atomic mass is 32.2. The molecule has 1 N–H and O–H groups in total. The highest BCUT2D eigenvalue weighted by Gasteiger charge is 2.19. The Balaban J connectivity index is 1.88. The molecule has 1 heterocycles. The normalized spacial score (nSPS) is 18.9. The Morgan fingerprint density at radius 2 is 2.13 bits per heavy atom. The van der Waals surface area contributed by atoms with Gasteiger partial charge in [-0.3, -0.25) is 0 Å². The van der Waals surface area contributed by atoms with Gasteiger partial charge in [0.1, 0.15) is 12.7 Å². The predicted octanol–water partition coefficient (Wildman–Crippen LogP) is 1.55. The van der Waals surface area contributed by atoms with Gasteiger partial charge in [-0.15, -0.1) is 0 Å². The number of hydrogen-bond donors (Lipinski definition) is 1. The molecule has 82 valence electrons. The molecule has 0 aliphatic carbocycles. The number of hydrogen-bond acceptors (Lipinski definition) is 4. The Labute approximate surface area is 93.4 Å². The third-order valence-electron chi connectivity index (χ3n) is 2.11. The minimum Gasteiger partial charge on any atom is -0.486 e. The second-order valence-electron chi connectivity index (χ2n) is 3.30. The predicted molar refractivity (Wildman–Crippen MR) is 60.8 cm³/mol. The summed E-state index contributed by atoms with van der Waals surface area (Å²) in [5, 5.41) is 8.66. The van der Waals surface area contributed by atoms with Crippen LogP contribution in [0.2, 0.25) is 0 Å². The van der Waals surface area contributed by atoms with Gasteiger partial charge in [-0.1, -0.05) is 12.1 Å². The number of fused-ring (bicyclic) bond motifs is 1. The van der Waals surface area contributed by atoms with E-state index in [1.54, 1.807) is 11.8 Å². The molecular formula is C11H14O3S. The van der Waals surface area contributed by atoms with E-state index in [0.717, 1.165) is 23.0 Å². The van der Waals surface area contributed by atoms with Gasteiger partial charge < -0.3 is 14.6 Å². The van der Waals surface area contributed by atoms with Crippen molar-refractivity contribution >= 4 is 11.8 Å². The van der Waals surface area contributed by atoms with E-state index in [-0.39, 0.29) is 12.7 Å². The Bertz CT molecular complexity index is 316. The van der Waals surface area contributed by atoms with Crippen LogP contribution in [0.1, 0.15) is 0 Å². The maximum atomic E-state index is 8.66. The third-order valence-corrected chi connectivity index (χ3v) is 3.19. The van der Waals surface area contributed by atoms with Crippen LogP contribution in [0.3, 0.4) is 0 Å². The molecule has 2 rings (SSSR count). The van der Waals surface area contributed by atoms with Gasteiger partial charge >= 0.3 is 0 Å². The van der Waals surface area contributed by atoms with E-state index < -0.39 is 0 Å². The molecule has 0 bridgehead atoms. The summed E-state index contributed by atoms with van der Waals surface area (Å²) < 4.78 is 11.3. The lowest BCUT2D eigenvalue weighted by atomic mass is 10.3. The van der Waals surface area contributed by atoms with Crippen LogP contribution in [-0.2, 0) is 0 Å². The smallest absolute Gasteiger partial charge is 0.161 e. The van der Waals surface area contributed by atoms with Gasteiger partial charge in [0.25, 0.3) is 0 Å². The number of benzene rings is 1. The van der Waals surface area contributed by atoms with Gasteiger partial charge in [0, 0.05) is 11.5 Å². The fourth-order valence-electron chi connectivity index (χ4n) is 1.42. The van der Waals surface area contributed by atoms with Crippen LogP contribution < -0.4 is 9.47 Å². The zero-order valence-electron chi connectivity index (χ0n) is 8.39. The Kier molecular flexibility index (Phi) is 3.75. The summed E-state index contributed by atoms with van der Waals surface area (Å²) in [7, 11) is 0. The van der Waals surface area contributed by atoms with E-state index in [4.69, 9.17) is 14.6 Å². The molecule has 0 amide bonds. The molecule has 0 saturated heterocycles. The third kappa shape index (κ3) is 2.79. The van der Waals surface area contributed by atoms with E-state index in [0.29, 0.717) is 6.61 Å². The van der Waals surface area contributed by atoms with Crippen molar-refractivity contribution in [3.8, 4) is 11.5 Å². The maximum absolute atomic E-state index is 8.66. The highest BCUT2D eigenvalue weighted by molar-refractivity contribution is 7.99. The van der Waals surface area contributed by atoms with Gasteiger partial charge in [-0.2, -0.15) is 11.8 Å². The first-order valence-corrected chi connectivity index (χ1v) is 6.12. The van der Waals surface area contributed by atoms with E-state index in [9.17, 15) is 0 Å². The summed E-state index contributed by atoms with van der Waals surface area (Å²) >= 11 is 1.68. The number of thioether (sulfide) groups is 1. The van der Waals surface area contributed by atoms with Crippen molar-refractivity contribution in [2.75, 3.05) is 24.7 Å². The Morgan fingerprint density at radius 3 is 2.93 bits per heavy atom. The van der Waals surface area contributed by atoms with Crippen LogP contribution in [0, 0.1) is 0 Å². The van der Waals surface area contributed by atoms with Crippen molar-refractivity contribution < 1.29 is 14.6 Å². The van der Waals surface area contributed by atoms with Crippen molar-refractivity contribution in [3.63, 3.8) is 0 Å². The molecule has 0 saturated carbocycles. The minimum absolute atomic E-state index is 0.0939. The standard InChI is InChI=1S/C11H14O3S/c12-5-6-15-8-9-7-13-10-3-1-2-4-11(10)14-9/h1-4,9,12H,5-8H2. The Hall–Kier alpha value is -0.870. The van der Waals surface area contributed by atoms with Crippen LogP contribution in [-0.4, -0.2) is 35.9 Å². The molecule has 1 aliphatic heterocycles. The zero-order valence-corrected chi connectivity index (χ0v) is 9.20. The number of para-hydroxylation sites is 2. The number of ether oxygens (including phenoxy) is 2. The monoisotopic (exact) mass is 226 g/mol. The van der Waals surface area contributed by atoms with Gasteiger partial charge in [-0.25, -0.2) is 0 Å². The molecule has 1 aromatic carbocycles. The number of aliphatic hydroxyl groups excluding tert-OH is 1. The van der Waals surface area contributed by atoms with Gasteiger partial charge in [-0.05, 0) is 12.1 Å². The summed E-state index contributed by atoms with van der Waals surface area (Å²) in [6.45, 7) is 0.810. The first-order valence-electron chi connectivity index (χ1n) is 4.97. The quantitative estimate of drug-likeness (QED) is 0.791.